The van der Waals surface area contributed by atoms with Crippen LogP contribution >= 0.6 is 11.6 Å². The van der Waals surface area contributed by atoms with Gasteiger partial charge in [-0.05, 0) is 48.2 Å². The van der Waals surface area contributed by atoms with Crippen molar-refractivity contribution in [1.29, 1.82) is 0 Å². The third-order valence-corrected chi connectivity index (χ3v) is 3.94. The van der Waals surface area contributed by atoms with Crippen LogP contribution < -0.4 is 14.3 Å². The monoisotopic (exact) mass is 405 g/mol. The standard InChI is InChI=1S/C17H12ClN3O7/c1-17(14(22)23,15(24)25)28-11-5-3-10(4-6-11)27-16-19-12-7-2-9(18)8-13(12)21(26)20-16/h2-8H,1H3,(H,22,23)(H,24,25). The van der Waals surface area contributed by atoms with Gasteiger partial charge in [-0.2, -0.15) is 4.98 Å². The van der Waals surface area contributed by atoms with E-state index in [1.165, 1.54) is 36.4 Å². The molecule has 0 fully saturated rings. The van der Waals surface area contributed by atoms with Crippen LogP contribution in [0.2, 0.25) is 5.02 Å². The number of ether oxygens (including phenoxy) is 2. The Bertz CT molecular complexity index is 1060. The first-order chi connectivity index (χ1) is 13.2. The van der Waals surface area contributed by atoms with E-state index in [0.717, 1.165) is 6.92 Å². The van der Waals surface area contributed by atoms with Gasteiger partial charge in [-0.3, -0.25) is 0 Å². The molecule has 0 unspecified atom stereocenters. The molecule has 0 aliphatic heterocycles. The van der Waals surface area contributed by atoms with Gasteiger partial charge in [-0.25, -0.2) is 9.59 Å². The molecular formula is C17H12ClN3O7. The highest BCUT2D eigenvalue weighted by Crippen LogP contribution is 2.25. The Hall–Kier alpha value is -3.66. The SMILES string of the molecule is CC(Oc1ccc(Oc2nc3ccc(Cl)cc3[n+]([O-])n2)cc1)(C(=O)O)C(=O)O. The molecule has 1 heterocycles. The average Bonchev–Trinajstić information content (AvgIpc) is 2.63. The Morgan fingerprint density at radius 1 is 1.11 bits per heavy atom. The number of carboxylic acid groups (broad SMARTS) is 2. The van der Waals surface area contributed by atoms with E-state index >= 15 is 0 Å². The van der Waals surface area contributed by atoms with Gasteiger partial charge < -0.3 is 24.9 Å². The largest absolute Gasteiger partial charge is 0.594 e. The zero-order chi connectivity index (χ0) is 20.5. The van der Waals surface area contributed by atoms with Gasteiger partial charge >= 0.3 is 17.9 Å². The van der Waals surface area contributed by atoms with Crippen LogP contribution in [0.3, 0.4) is 0 Å². The summed E-state index contributed by atoms with van der Waals surface area (Å²) in [5, 5.41) is 34.1. The zero-order valence-corrected chi connectivity index (χ0v) is 15.0. The Morgan fingerprint density at radius 3 is 2.32 bits per heavy atom. The minimum Gasteiger partial charge on any atom is -0.594 e. The van der Waals surface area contributed by atoms with E-state index in [0.29, 0.717) is 15.4 Å². The van der Waals surface area contributed by atoms with E-state index in [1.807, 2.05) is 0 Å². The quantitative estimate of drug-likeness (QED) is 0.357. The van der Waals surface area contributed by atoms with Crippen LogP contribution in [0.5, 0.6) is 17.5 Å². The lowest BCUT2D eigenvalue weighted by molar-refractivity contribution is -0.643. The summed E-state index contributed by atoms with van der Waals surface area (Å²) in [7, 11) is 0. The van der Waals surface area contributed by atoms with Gasteiger partial charge in [0.05, 0.1) is 5.10 Å². The number of nitrogens with zero attached hydrogens (tertiary/aromatic N) is 3. The van der Waals surface area contributed by atoms with Gasteiger partial charge in [0.2, 0.25) is 0 Å². The first kappa shape index (κ1) is 19.1. The molecule has 0 saturated carbocycles. The Kier molecular flexibility index (Phi) is 4.89. The number of halogens is 1. The molecule has 2 N–H and O–H groups in total. The molecule has 3 rings (SSSR count). The van der Waals surface area contributed by atoms with E-state index in [2.05, 4.69) is 10.1 Å². The molecule has 0 aliphatic carbocycles. The lowest BCUT2D eigenvalue weighted by Gasteiger charge is -2.21. The van der Waals surface area contributed by atoms with Crippen LogP contribution in [0.4, 0.5) is 0 Å². The lowest BCUT2D eigenvalue weighted by atomic mass is 10.1. The van der Waals surface area contributed by atoms with Gasteiger partial charge in [0.15, 0.2) is 0 Å². The maximum absolute atomic E-state index is 12.0. The van der Waals surface area contributed by atoms with Crippen molar-refractivity contribution in [1.82, 2.24) is 10.1 Å². The Morgan fingerprint density at radius 2 is 1.71 bits per heavy atom. The highest BCUT2D eigenvalue weighted by molar-refractivity contribution is 6.31. The number of fused-ring (bicyclic) bond motifs is 1. The lowest BCUT2D eigenvalue weighted by Crippen LogP contribution is -2.49. The predicted octanol–water partition coefficient (Wildman–Crippen LogP) is 2.02. The molecule has 28 heavy (non-hydrogen) atoms. The van der Waals surface area contributed by atoms with Gasteiger partial charge in [-0.1, -0.05) is 11.6 Å². The van der Waals surface area contributed by atoms with Crippen LogP contribution in [-0.2, 0) is 9.59 Å². The molecule has 0 bridgehead atoms. The molecule has 11 heteroatoms. The fourth-order valence-electron chi connectivity index (χ4n) is 2.14. The van der Waals surface area contributed by atoms with Crippen molar-refractivity contribution in [2.45, 2.75) is 12.5 Å². The van der Waals surface area contributed by atoms with Crippen LogP contribution in [-0.4, -0.2) is 37.8 Å². The van der Waals surface area contributed by atoms with Crippen molar-refractivity contribution in [3.8, 4) is 17.5 Å². The van der Waals surface area contributed by atoms with Crippen LogP contribution in [0.1, 0.15) is 6.92 Å². The van der Waals surface area contributed by atoms with Gasteiger partial charge in [0.1, 0.15) is 17.0 Å². The molecule has 1 aromatic heterocycles. The number of aromatic nitrogens is 3. The molecule has 10 nitrogen and oxygen atoms in total. The van der Waals surface area contributed by atoms with Gasteiger partial charge in [-0.15, -0.1) is 0 Å². The molecule has 144 valence electrons. The van der Waals surface area contributed by atoms with E-state index in [1.54, 1.807) is 6.07 Å². The van der Waals surface area contributed by atoms with Gasteiger partial charge in [0, 0.05) is 11.1 Å². The molecule has 0 radical (unpaired) electrons. The molecule has 2 aromatic carbocycles. The van der Waals surface area contributed by atoms with Gasteiger partial charge in [0.25, 0.3) is 11.1 Å². The van der Waals surface area contributed by atoms with Crippen molar-refractivity contribution in [2.24, 2.45) is 0 Å². The fourth-order valence-corrected chi connectivity index (χ4v) is 2.31. The van der Waals surface area contributed by atoms with Crippen molar-refractivity contribution < 1.29 is 34.1 Å². The third kappa shape index (κ3) is 3.71. The minimum absolute atomic E-state index is 0.00684. The van der Waals surface area contributed by atoms with Crippen molar-refractivity contribution in [3.63, 3.8) is 0 Å². The summed E-state index contributed by atoms with van der Waals surface area (Å²) in [4.78, 5) is 26.7. The fraction of sp³-hybridized carbons (Fsp3) is 0.118. The number of benzene rings is 2. The topological polar surface area (TPSA) is 146 Å². The van der Waals surface area contributed by atoms with Crippen LogP contribution in [0.25, 0.3) is 11.0 Å². The second-order valence-corrected chi connectivity index (χ2v) is 6.16. The number of hydrogen-bond donors (Lipinski definition) is 2. The highest BCUT2D eigenvalue weighted by Gasteiger charge is 2.44. The van der Waals surface area contributed by atoms with E-state index in [-0.39, 0.29) is 23.0 Å². The van der Waals surface area contributed by atoms with E-state index in [9.17, 15) is 14.8 Å². The number of carbonyl (C=O) groups is 2. The molecule has 0 amide bonds. The number of aliphatic carboxylic acids is 2. The average molecular weight is 406 g/mol. The summed E-state index contributed by atoms with van der Waals surface area (Å²) in [5.74, 6) is -3.09. The zero-order valence-electron chi connectivity index (χ0n) is 14.2. The second-order valence-electron chi connectivity index (χ2n) is 5.72. The molecule has 3 aromatic rings. The van der Waals surface area contributed by atoms with E-state index < -0.39 is 17.5 Å². The smallest absolute Gasteiger partial charge is 0.386 e. The van der Waals surface area contributed by atoms with Crippen LogP contribution in [0.15, 0.2) is 42.5 Å². The minimum atomic E-state index is -2.45. The molecule has 0 atom stereocenters. The number of hydrogen-bond acceptors (Lipinski definition) is 7. The normalized spacial score (nSPS) is 11.2. The number of carboxylic acids is 2. The Balaban J connectivity index is 1.81. The summed E-state index contributed by atoms with van der Waals surface area (Å²) in [6.45, 7) is 0.921. The van der Waals surface area contributed by atoms with Crippen molar-refractivity contribution in [3.05, 3.63) is 52.7 Å². The predicted molar refractivity (Wildman–Crippen MR) is 94.3 cm³/mol. The van der Waals surface area contributed by atoms with Crippen molar-refractivity contribution in [2.75, 3.05) is 0 Å². The number of rotatable bonds is 6. The molecule has 0 spiro atoms. The maximum Gasteiger partial charge on any atom is 0.386 e. The molecule has 0 aliphatic rings. The van der Waals surface area contributed by atoms with Crippen molar-refractivity contribution >= 4 is 34.6 Å². The van der Waals surface area contributed by atoms with Crippen LogP contribution in [0, 0.1) is 5.21 Å². The summed E-state index contributed by atoms with van der Waals surface area (Å²) in [5.41, 5.74) is -1.95. The summed E-state index contributed by atoms with van der Waals surface area (Å²) >= 11 is 5.84. The third-order valence-electron chi connectivity index (χ3n) is 3.71. The maximum atomic E-state index is 12.0. The van der Waals surface area contributed by atoms with E-state index in [4.69, 9.17) is 31.3 Å². The summed E-state index contributed by atoms with van der Waals surface area (Å²) < 4.78 is 10.5. The summed E-state index contributed by atoms with van der Waals surface area (Å²) in [6.07, 6.45) is 0. The molecule has 0 saturated heterocycles. The first-order valence-corrected chi connectivity index (χ1v) is 8.08. The highest BCUT2D eigenvalue weighted by atomic mass is 35.5. The first-order valence-electron chi connectivity index (χ1n) is 7.70. The molecular weight excluding hydrogens is 394 g/mol. The summed E-state index contributed by atoms with van der Waals surface area (Å²) in [6, 6.07) is 9.68. The second kappa shape index (κ2) is 7.16. The Labute approximate surface area is 162 Å².